The lowest BCUT2D eigenvalue weighted by Crippen LogP contribution is -2.33. The minimum absolute atomic E-state index is 0.106. The zero-order valence-corrected chi connectivity index (χ0v) is 12.2. The Morgan fingerprint density at radius 1 is 1.35 bits per heavy atom. The molecular weight excluding hydrogens is 258 g/mol. The highest BCUT2D eigenvalue weighted by molar-refractivity contribution is 5.94. The Labute approximate surface area is 118 Å². The molecule has 0 unspecified atom stereocenters. The fourth-order valence-electron chi connectivity index (χ4n) is 2.33. The molecule has 0 spiro atoms. The van der Waals surface area contributed by atoms with Crippen LogP contribution in [0.5, 0.6) is 0 Å². The molecule has 6 nitrogen and oxygen atoms in total. The van der Waals surface area contributed by atoms with Gasteiger partial charge in [0.15, 0.2) is 5.82 Å². The second kappa shape index (κ2) is 5.75. The molecule has 1 aliphatic rings. The largest absolute Gasteiger partial charge is 0.478 e. The molecule has 0 radical (unpaired) electrons. The van der Waals surface area contributed by atoms with E-state index in [0.717, 1.165) is 26.1 Å². The van der Waals surface area contributed by atoms with Crippen LogP contribution in [0.3, 0.4) is 0 Å². The Morgan fingerprint density at radius 2 is 2.00 bits per heavy atom. The van der Waals surface area contributed by atoms with E-state index in [2.05, 4.69) is 22.4 Å². The summed E-state index contributed by atoms with van der Waals surface area (Å²) in [5, 5.41) is 20.5. The number of anilines is 1. The highest BCUT2D eigenvalue weighted by Gasteiger charge is 2.28. The third kappa shape index (κ3) is 3.07. The average molecular weight is 279 g/mol. The van der Waals surface area contributed by atoms with Gasteiger partial charge in [-0.2, -0.15) is 5.10 Å². The Hall–Kier alpha value is -1.69. The van der Waals surface area contributed by atoms with Crippen molar-refractivity contribution in [1.82, 2.24) is 10.2 Å². The molecule has 2 N–H and O–H groups in total. The summed E-state index contributed by atoms with van der Waals surface area (Å²) in [5.41, 5.74) is 1.62. The van der Waals surface area contributed by atoms with Crippen LogP contribution in [0.25, 0.3) is 0 Å². The zero-order valence-electron chi connectivity index (χ0n) is 12.2. The Morgan fingerprint density at radius 3 is 2.60 bits per heavy atom. The smallest absolute Gasteiger partial charge is 0.339 e. The van der Waals surface area contributed by atoms with Gasteiger partial charge >= 0.3 is 5.97 Å². The van der Waals surface area contributed by atoms with Crippen molar-refractivity contribution in [2.24, 2.45) is 5.41 Å². The fourth-order valence-corrected chi connectivity index (χ4v) is 2.33. The maximum atomic E-state index is 11.4. The summed E-state index contributed by atoms with van der Waals surface area (Å²) in [5.74, 6) is -0.617. The molecule has 1 aromatic heterocycles. The van der Waals surface area contributed by atoms with Crippen molar-refractivity contribution in [3.8, 4) is 0 Å². The molecule has 1 aliphatic heterocycles. The highest BCUT2D eigenvalue weighted by atomic mass is 16.5. The number of carbonyl (C=O) groups is 1. The van der Waals surface area contributed by atoms with E-state index in [1.807, 2.05) is 0 Å². The third-order valence-corrected chi connectivity index (χ3v) is 4.05. The van der Waals surface area contributed by atoms with E-state index in [0.29, 0.717) is 23.6 Å². The first-order valence-electron chi connectivity index (χ1n) is 6.82. The van der Waals surface area contributed by atoms with E-state index in [-0.39, 0.29) is 11.0 Å². The molecule has 0 aliphatic carbocycles. The number of ether oxygens (including phenoxy) is 1. The van der Waals surface area contributed by atoms with Gasteiger partial charge < -0.3 is 15.2 Å². The highest BCUT2D eigenvalue weighted by Crippen LogP contribution is 2.30. The first kappa shape index (κ1) is 14.7. The van der Waals surface area contributed by atoms with Crippen LogP contribution in [0.2, 0.25) is 0 Å². The van der Waals surface area contributed by atoms with Crippen LogP contribution in [0.4, 0.5) is 5.82 Å². The van der Waals surface area contributed by atoms with Gasteiger partial charge in [0.05, 0.1) is 5.69 Å². The van der Waals surface area contributed by atoms with E-state index in [4.69, 9.17) is 4.74 Å². The Kier molecular flexibility index (Phi) is 4.23. The summed E-state index contributed by atoms with van der Waals surface area (Å²) in [7, 11) is 0. The number of carboxylic acids is 1. The van der Waals surface area contributed by atoms with Gasteiger partial charge in [-0.15, -0.1) is 5.10 Å². The number of nitrogens with zero attached hydrogens (tertiary/aromatic N) is 2. The topological polar surface area (TPSA) is 84.3 Å². The molecular formula is C14H21N3O3. The van der Waals surface area contributed by atoms with Gasteiger partial charge in [0.2, 0.25) is 0 Å². The molecule has 110 valence electrons. The minimum atomic E-state index is -0.972. The van der Waals surface area contributed by atoms with E-state index >= 15 is 0 Å². The van der Waals surface area contributed by atoms with Crippen LogP contribution in [-0.2, 0) is 4.74 Å². The van der Waals surface area contributed by atoms with E-state index in [9.17, 15) is 9.90 Å². The van der Waals surface area contributed by atoms with Crippen LogP contribution < -0.4 is 5.32 Å². The number of aromatic carboxylic acids is 1. The third-order valence-electron chi connectivity index (χ3n) is 4.05. The Balaban J connectivity index is 2.17. The summed E-state index contributed by atoms with van der Waals surface area (Å²) in [6.45, 7) is 7.88. The minimum Gasteiger partial charge on any atom is -0.478 e. The number of hydrogen-bond donors (Lipinski definition) is 2. The summed E-state index contributed by atoms with van der Waals surface area (Å²) < 4.78 is 5.36. The van der Waals surface area contributed by atoms with Gasteiger partial charge in [0.1, 0.15) is 5.56 Å². The van der Waals surface area contributed by atoms with Crippen molar-refractivity contribution in [2.75, 3.05) is 25.1 Å². The summed E-state index contributed by atoms with van der Waals surface area (Å²) in [6, 6.07) is 0. The van der Waals surface area contributed by atoms with Crippen molar-refractivity contribution >= 4 is 11.8 Å². The zero-order chi connectivity index (χ0) is 14.8. The van der Waals surface area contributed by atoms with Crippen molar-refractivity contribution in [3.05, 3.63) is 16.8 Å². The molecule has 0 amide bonds. The molecule has 0 aromatic carbocycles. The second-order valence-corrected chi connectivity index (χ2v) is 5.72. The first-order chi connectivity index (χ1) is 9.43. The molecule has 0 bridgehead atoms. The maximum Gasteiger partial charge on any atom is 0.339 e. The van der Waals surface area contributed by atoms with E-state index < -0.39 is 5.97 Å². The summed E-state index contributed by atoms with van der Waals surface area (Å²) in [4.78, 5) is 11.4. The number of hydrogen-bond acceptors (Lipinski definition) is 5. The van der Waals surface area contributed by atoms with Gasteiger partial charge in [0, 0.05) is 19.8 Å². The molecule has 20 heavy (non-hydrogen) atoms. The molecule has 0 atom stereocenters. The molecule has 0 saturated carbocycles. The average Bonchev–Trinajstić information content (AvgIpc) is 2.40. The molecule has 6 heteroatoms. The SMILES string of the molecule is Cc1nnc(NCC2(C)CCOCC2)c(C(=O)O)c1C. The first-order valence-corrected chi connectivity index (χ1v) is 6.82. The molecule has 2 heterocycles. The number of rotatable bonds is 4. The predicted molar refractivity (Wildman–Crippen MR) is 75.1 cm³/mol. The number of carboxylic acid groups (broad SMARTS) is 1. The van der Waals surface area contributed by atoms with Crippen LogP contribution >= 0.6 is 0 Å². The molecule has 1 aromatic rings. The van der Waals surface area contributed by atoms with Crippen molar-refractivity contribution in [3.63, 3.8) is 0 Å². The number of aromatic nitrogens is 2. The van der Waals surface area contributed by atoms with Crippen LogP contribution in [0, 0.1) is 19.3 Å². The number of nitrogens with one attached hydrogen (secondary N) is 1. The lowest BCUT2D eigenvalue weighted by Gasteiger charge is -2.33. The van der Waals surface area contributed by atoms with Gasteiger partial charge in [-0.25, -0.2) is 4.79 Å². The number of aryl methyl sites for hydroxylation is 1. The maximum absolute atomic E-state index is 11.4. The Bertz CT molecular complexity index is 511. The quantitative estimate of drug-likeness (QED) is 0.877. The summed E-state index contributed by atoms with van der Waals surface area (Å²) >= 11 is 0. The second-order valence-electron chi connectivity index (χ2n) is 5.72. The monoisotopic (exact) mass is 279 g/mol. The lowest BCUT2D eigenvalue weighted by molar-refractivity contribution is 0.0299. The van der Waals surface area contributed by atoms with E-state index in [1.54, 1.807) is 13.8 Å². The van der Waals surface area contributed by atoms with Gasteiger partial charge in [-0.1, -0.05) is 6.92 Å². The van der Waals surface area contributed by atoms with Crippen LogP contribution in [0.15, 0.2) is 0 Å². The van der Waals surface area contributed by atoms with Gasteiger partial charge in [-0.05, 0) is 37.7 Å². The molecule has 1 fully saturated rings. The summed E-state index contributed by atoms with van der Waals surface area (Å²) in [6.07, 6.45) is 1.92. The van der Waals surface area contributed by atoms with Crippen molar-refractivity contribution in [1.29, 1.82) is 0 Å². The standard InChI is InChI=1S/C14H21N3O3/c1-9-10(2)16-17-12(11(9)13(18)19)15-8-14(3)4-6-20-7-5-14/h4-8H2,1-3H3,(H,15,17)(H,18,19). The molecule has 1 saturated heterocycles. The van der Waals surface area contributed by atoms with Gasteiger partial charge in [0.25, 0.3) is 0 Å². The lowest BCUT2D eigenvalue weighted by atomic mass is 9.82. The van der Waals surface area contributed by atoms with E-state index in [1.165, 1.54) is 0 Å². The molecule has 2 rings (SSSR count). The predicted octanol–water partition coefficient (Wildman–Crippen LogP) is 2.02. The van der Waals surface area contributed by atoms with Gasteiger partial charge in [-0.3, -0.25) is 0 Å². The van der Waals surface area contributed by atoms with Crippen LogP contribution in [-0.4, -0.2) is 41.0 Å². The normalized spacial score (nSPS) is 17.8. The van der Waals surface area contributed by atoms with Crippen LogP contribution in [0.1, 0.15) is 41.4 Å². The van der Waals surface area contributed by atoms with Crippen molar-refractivity contribution < 1.29 is 14.6 Å². The fraction of sp³-hybridized carbons (Fsp3) is 0.643. The van der Waals surface area contributed by atoms with Crippen molar-refractivity contribution in [2.45, 2.75) is 33.6 Å².